The Labute approximate surface area is 94.3 Å². The summed E-state index contributed by atoms with van der Waals surface area (Å²) in [6, 6.07) is 8.14. The number of aliphatic hydroxyl groups is 1. The van der Waals surface area contributed by atoms with Gasteiger partial charge in [-0.3, -0.25) is 0 Å². The average Bonchev–Trinajstić information content (AvgIpc) is 2.19. The molecule has 1 atom stereocenters. The third kappa shape index (κ3) is 3.95. The van der Waals surface area contributed by atoms with Gasteiger partial charge in [0.2, 0.25) is 0 Å². The molecule has 0 saturated heterocycles. The molecule has 0 amide bonds. The summed E-state index contributed by atoms with van der Waals surface area (Å²) in [6.45, 7) is 1.79. The monoisotopic (exact) mass is 228 g/mol. The van der Waals surface area contributed by atoms with Crippen LogP contribution in [0.15, 0.2) is 29.2 Å². The summed E-state index contributed by atoms with van der Waals surface area (Å²) in [5.41, 5.74) is 0.985. The van der Waals surface area contributed by atoms with E-state index in [9.17, 15) is 5.11 Å². The van der Waals surface area contributed by atoms with E-state index in [2.05, 4.69) is 18.4 Å². The van der Waals surface area contributed by atoms with Crippen LogP contribution in [0.2, 0.25) is 0 Å². The van der Waals surface area contributed by atoms with Gasteiger partial charge in [0.05, 0.1) is 6.10 Å². The van der Waals surface area contributed by atoms with Crippen molar-refractivity contribution in [2.24, 2.45) is 0 Å². The second kappa shape index (κ2) is 6.38. The Morgan fingerprint density at radius 2 is 1.86 bits per heavy atom. The van der Waals surface area contributed by atoms with Crippen LogP contribution in [0, 0.1) is 0 Å². The fourth-order valence-corrected chi connectivity index (χ4v) is 2.65. The Morgan fingerprint density at radius 3 is 2.36 bits per heavy atom. The van der Waals surface area contributed by atoms with Gasteiger partial charge in [0.25, 0.3) is 0 Å². The first-order chi connectivity index (χ1) is 6.74. The lowest BCUT2D eigenvalue weighted by Crippen LogP contribution is -1.90. The van der Waals surface area contributed by atoms with E-state index in [-0.39, 0.29) is 6.10 Å². The Morgan fingerprint density at radius 1 is 1.21 bits per heavy atom. The van der Waals surface area contributed by atoms with E-state index in [1.165, 1.54) is 10.6 Å². The molecule has 1 aromatic carbocycles. The quantitative estimate of drug-likeness (QED) is 0.617. The van der Waals surface area contributed by atoms with Crippen molar-refractivity contribution in [1.82, 2.24) is 0 Å². The number of hydrogen-bond donors (Lipinski definition) is 1. The normalized spacial score (nSPS) is 12.8. The fraction of sp³-hybridized carbons (Fsp3) is 0.455. The van der Waals surface area contributed by atoms with E-state index in [0.717, 1.165) is 11.3 Å². The maximum Gasteiger partial charge on any atom is 0.0761 e. The molecule has 1 N–H and O–H groups in total. The van der Waals surface area contributed by atoms with Gasteiger partial charge in [0.1, 0.15) is 0 Å². The molecule has 0 radical (unpaired) electrons. The Hall–Kier alpha value is -0.120. The molecule has 0 saturated carbocycles. The van der Waals surface area contributed by atoms with E-state index < -0.39 is 0 Å². The Balaban J connectivity index is 2.47. The van der Waals surface area contributed by atoms with Crippen LogP contribution >= 0.6 is 23.5 Å². The molecule has 0 aliphatic rings. The first-order valence-corrected chi connectivity index (χ1v) is 7.01. The van der Waals surface area contributed by atoms with Gasteiger partial charge in [-0.1, -0.05) is 12.1 Å². The van der Waals surface area contributed by atoms with Crippen LogP contribution < -0.4 is 0 Å². The number of hydrogen-bond acceptors (Lipinski definition) is 3. The minimum absolute atomic E-state index is 0.361. The maximum absolute atomic E-state index is 9.32. The molecule has 0 bridgehead atoms. The molecule has 0 heterocycles. The number of rotatable bonds is 5. The predicted molar refractivity (Wildman–Crippen MR) is 66.2 cm³/mol. The summed E-state index contributed by atoms with van der Waals surface area (Å²) >= 11 is 3.73. The zero-order valence-electron chi connectivity index (χ0n) is 8.56. The lowest BCUT2D eigenvalue weighted by molar-refractivity contribution is 0.199. The second-order valence-electron chi connectivity index (χ2n) is 3.09. The van der Waals surface area contributed by atoms with Gasteiger partial charge in [-0.25, -0.2) is 0 Å². The minimum atomic E-state index is -0.361. The predicted octanol–water partition coefficient (Wildman–Crippen LogP) is 3.20. The summed E-state index contributed by atoms with van der Waals surface area (Å²) in [7, 11) is 0. The van der Waals surface area contributed by atoms with E-state index in [0.29, 0.717) is 0 Å². The molecule has 0 aliphatic heterocycles. The summed E-state index contributed by atoms with van der Waals surface area (Å²) in [6.07, 6.45) is 1.76. The van der Waals surface area contributed by atoms with E-state index >= 15 is 0 Å². The third-order valence-corrected chi connectivity index (χ3v) is 3.80. The molecule has 14 heavy (non-hydrogen) atoms. The number of aliphatic hydroxyl groups excluding tert-OH is 1. The lowest BCUT2D eigenvalue weighted by atomic mass is 10.1. The van der Waals surface area contributed by atoms with Crippen LogP contribution in [0.3, 0.4) is 0 Å². The third-order valence-electron chi connectivity index (χ3n) is 1.92. The first kappa shape index (κ1) is 12.0. The maximum atomic E-state index is 9.32. The van der Waals surface area contributed by atoms with Crippen molar-refractivity contribution >= 4 is 23.5 Å². The van der Waals surface area contributed by atoms with Gasteiger partial charge in [0.15, 0.2) is 0 Å². The number of thioether (sulfide) groups is 2. The molecule has 0 fully saturated rings. The van der Waals surface area contributed by atoms with Crippen LogP contribution in [0.25, 0.3) is 0 Å². The van der Waals surface area contributed by atoms with Crippen molar-refractivity contribution in [2.45, 2.75) is 17.9 Å². The largest absolute Gasteiger partial charge is 0.389 e. The molecule has 3 heteroatoms. The molecule has 0 spiro atoms. The molecular weight excluding hydrogens is 212 g/mol. The highest BCUT2D eigenvalue weighted by Crippen LogP contribution is 2.21. The molecule has 0 aliphatic carbocycles. The summed E-state index contributed by atoms with van der Waals surface area (Å²) in [5.74, 6) is 2.33. The van der Waals surface area contributed by atoms with Crippen LogP contribution in [0.1, 0.15) is 18.6 Å². The summed E-state index contributed by atoms with van der Waals surface area (Å²) < 4.78 is 0. The van der Waals surface area contributed by atoms with Crippen molar-refractivity contribution in [2.75, 3.05) is 17.8 Å². The van der Waals surface area contributed by atoms with Gasteiger partial charge in [-0.2, -0.15) is 11.8 Å². The standard InChI is InChI=1S/C11H16OS2/c1-9(12)10-3-5-11(6-4-10)14-8-7-13-2/h3-6,9,12H,7-8H2,1-2H3. The highest BCUT2D eigenvalue weighted by Gasteiger charge is 1.99. The summed E-state index contributed by atoms with van der Waals surface area (Å²) in [4.78, 5) is 1.28. The molecule has 0 aromatic heterocycles. The lowest BCUT2D eigenvalue weighted by Gasteiger charge is -2.05. The van der Waals surface area contributed by atoms with Crippen molar-refractivity contribution in [1.29, 1.82) is 0 Å². The second-order valence-corrected chi connectivity index (χ2v) is 5.24. The zero-order chi connectivity index (χ0) is 10.4. The van der Waals surface area contributed by atoms with Gasteiger partial charge < -0.3 is 5.11 Å². The topological polar surface area (TPSA) is 20.2 Å². The van der Waals surface area contributed by atoms with Crippen LogP contribution in [-0.4, -0.2) is 22.9 Å². The molecule has 1 aromatic rings. The van der Waals surface area contributed by atoms with E-state index in [4.69, 9.17) is 0 Å². The van der Waals surface area contributed by atoms with E-state index in [1.54, 1.807) is 6.92 Å². The first-order valence-electron chi connectivity index (χ1n) is 4.64. The molecule has 78 valence electrons. The van der Waals surface area contributed by atoms with Crippen molar-refractivity contribution in [3.63, 3.8) is 0 Å². The molecule has 1 rings (SSSR count). The molecule has 1 nitrogen and oxygen atoms in total. The van der Waals surface area contributed by atoms with Crippen LogP contribution in [0.5, 0.6) is 0 Å². The Kier molecular flexibility index (Phi) is 5.45. The van der Waals surface area contributed by atoms with Gasteiger partial charge in [0, 0.05) is 16.4 Å². The van der Waals surface area contributed by atoms with Gasteiger partial charge in [-0.15, -0.1) is 11.8 Å². The Bertz CT molecular complexity index is 256. The van der Waals surface area contributed by atoms with Crippen LogP contribution in [0.4, 0.5) is 0 Å². The minimum Gasteiger partial charge on any atom is -0.389 e. The fourth-order valence-electron chi connectivity index (χ4n) is 1.09. The highest BCUT2D eigenvalue weighted by atomic mass is 32.2. The van der Waals surface area contributed by atoms with Crippen molar-refractivity contribution < 1.29 is 5.11 Å². The molecular formula is C11H16OS2. The van der Waals surface area contributed by atoms with E-state index in [1.807, 2.05) is 35.7 Å². The van der Waals surface area contributed by atoms with Gasteiger partial charge in [-0.05, 0) is 30.9 Å². The highest BCUT2D eigenvalue weighted by molar-refractivity contribution is 8.02. The molecule has 1 unspecified atom stereocenters. The average molecular weight is 228 g/mol. The van der Waals surface area contributed by atoms with Crippen LogP contribution in [-0.2, 0) is 0 Å². The van der Waals surface area contributed by atoms with Crippen molar-refractivity contribution in [3.05, 3.63) is 29.8 Å². The van der Waals surface area contributed by atoms with Crippen molar-refractivity contribution in [3.8, 4) is 0 Å². The summed E-state index contributed by atoms with van der Waals surface area (Å²) in [5, 5.41) is 9.32. The SMILES string of the molecule is CSCCSc1ccc(C(C)O)cc1. The van der Waals surface area contributed by atoms with Gasteiger partial charge >= 0.3 is 0 Å². The number of benzene rings is 1. The smallest absolute Gasteiger partial charge is 0.0761 e. The zero-order valence-corrected chi connectivity index (χ0v) is 10.2.